The van der Waals surface area contributed by atoms with Gasteiger partial charge < -0.3 is 0 Å². The van der Waals surface area contributed by atoms with Gasteiger partial charge in [-0.3, -0.25) is 19.8 Å². The second-order valence-corrected chi connectivity index (χ2v) is 7.20. The van der Waals surface area contributed by atoms with E-state index in [9.17, 15) is 14.9 Å². The number of nitro benzene ring substituents is 1. The van der Waals surface area contributed by atoms with Gasteiger partial charge in [-0.15, -0.1) is 0 Å². The molecule has 0 saturated heterocycles. The molecule has 30 heavy (non-hydrogen) atoms. The molecule has 0 bridgehead atoms. The lowest BCUT2D eigenvalue weighted by molar-refractivity contribution is -0.385. The van der Waals surface area contributed by atoms with Crippen LogP contribution in [0.5, 0.6) is 0 Å². The van der Waals surface area contributed by atoms with Crippen LogP contribution in [0.4, 0.5) is 11.4 Å². The zero-order chi connectivity index (χ0) is 21.3. The Hall–Kier alpha value is -3.77. The highest BCUT2D eigenvalue weighted by atomic mass is 35.5. The molecule has 6 nitrogen and oxygen atoms in total. The van der Waals surface area contributed by atoms with Gasteiger partial charge in [0, 0.05) is 16.7 Å². The van der Waals surface area contributed by atoms with E-state index in [-0.39, 0.29) is 17.3 Å². The molecule has 4 rings (SSSR count). The van der Waals surface area contributed by atoms with E-state index in [0.29, 0.717) is 27.7 Å². The maximum absolute atomic E-state index is 13.3. The first kappa shape index (κ1) is 19.5. The van der Waals surface area contributed by atoms with Crippen LogP contribution in [0.2, 0.25) is 5.02 Å². The summed E-state index contributed by atoms with van der Waals surface area (Å²) in [4.78, 5) is 30.2. The van der Waals surface area contributed by atoms with E-state index in [1.807, 2.05) is 31.2 Å². The number of benzene rings is 3. The second-order valence-electron chi connectivity index (χ2n) is 6.77. The average Bonchev–Trinajstić information content (AvgIpc) is 3.05. The molecule has 0 N–H and O–H groups in total. The van der Waals surface area contributed by atoms with Crippen LogP contribution in [0.25, 0.3) is 6.08 Å². The molecule has 1 heterocycles. The van der Waals surface area contributed by atoms with Crippen molar-refractivity contribution in [2.75, 3.05) is 4.90 Å². The molecule has 0 aromatic heterocycles. The van der Waals surface area contributed by atoms with Crippen molar-refractivity contribution in [1.82, 2.24) is 0 Å². The molecule has 7 heteroatoms. The Morgan fingerprint density at radius 3 is 2.47 bits per heavy atom. The quantitative estimate of drug-likeness (QED) is 0.324. The van der Waals surface area contributed by atoms with Crippen molar-refractivity contribution < 1.29 is 9.72 Å². The number of anilines is 1. The minimum Gasteiger partial charge on any atom is -0.266 e. The predicted molar refractivity (Wildman–Crippen MR) is 118 cm³/mol. The summed E-state index contributed by atoms with van der Waals surface area (Å²) in [5.41, 5.74) is 2.72. The Morgan fingerprint density at radius 1 is 1.03 bits per heavy atom. The topological polar surface area (TPSA) is 75.8 Å². The Balaban J connectivity index is 1.86. The van der Waals surface area contributed by atoms with Gasteiger partial charge in [-0.2, -0.15) is 0 Å². The van der Waals surface area contributed by atoms with Gasteiger partial charge in [-0.05, 0) is 61.0 Å². The number of aryl methyl sites for hydroxylation is 1. The summed E-state index contributed by atoms with van der Waals surface area (Å²) in [6.07, 6.45) is 1.45. The molecular weight excluding hydrogens is 402 g/mol. The third-order valence-electron chi connectivity index (χ3n) is 4.65. The number of hydrogen-bond acceptors (Lipinski definition) is 4. The summed E-state index contributed by atoms with van der Waals surface area (Å²) < 4.78 is 0. The first-order chi connectivity index (χ1) is 14.4. The monoisotopic (exact) mass is 417 g/mol. The van der Waals surface area contributed by atoms with Crippen LogP contribution >= 0.6 is 11.6 Å². The number of nitro groups is 1. The second kappa shape index (κ2) is 7.93. The highest BCUT2D eigenvalue weighted by molar-refractivity contribution is 6.34. The van der Waals surface area contributed by atoms with Crippen molar-refractivity contribution in [3.8, 4) is 0 Å². The molecule has 3 aromatic rings. The highest BCUT2D eigenvalue weighted by Crippen LogP contribution is 2.30. The molecule has 0 atom stereocenters. The van der Waals surface area contributed by atoms with Gasteiger partial charge in [-0.1, -0.05) is 35.9 Å². The fourth-order valence-electron chi connectivity index (χ4n) is 3.24. The Morgan fingerprint density at radius 2 is 1.77 bits per heavy atom. The van der Waals surface area contributed by atoms with Gasteiger partial charge in [0.05, 0.1) is 16.2 Å². The van der Waals surface area contributed by atoms with Crippen LogP contribution < -0.4 is 4.90 Å². The maximum atomic E-state index is 13.3. The molecule has 0 aliphatic carbocycles. The number of rotatable bonds is 4. The number of aliphatic imine (C=N–C) groups is 1. The van der Waals surface area contributed by atoms with E-state index in [4.69, 9.17) is 11.6 Å². The summed E-state index contributed by atoms with van der Waals surface area (Å²) in [6, 6.07) is 20.8. The third-order valence-corrected chi connectivity index (χ3v) is 4.90. The van der Waals surface area contributed by atoms with Crippen molar-refractivity contribution in [3.05, 3.63) is 110 Å². The Labute approximate surface area is 177 Å². The molecule has 0 saturated carbocycles. The zero-order valence-electron chi connectivity index (χ0n) is 15.9. The molecule has 0 fully saturated rings. The smallest absolute Gasteiger partial charge is 0.266 e. The Bertz CT molecular complexity index is 1220. The van der Waals surface area contributed by atoms with Gasteiger partial charge in [0.15, 0.2) is 0 Å². The number of hydrogen-bond donors (Lipinski definition) is 0. The predicted octanol–water partition coefficient (Wildman–Crippen LogP) is 5.39. The lowest BCUT2D eigenvalue weighted by atomic mass is 10.1. The first-order valence-electron chi connectivity index (χ1n) is 9.15. The van der Waals surface area contributed by atoms with E-state index in [1.54, 1.807) is 42.5 Å². The summed E-state index contributed by atoms with van der Waals surface area (Å²) in [7, 11) is 0. The van der Waals surface area contributed by atoms with Crippen LogP contribution in [0, 0.1) is 17.0 Å². The summed E-state index contributed by atoms with van der Waals surface area (Å²) in [5.74, 6) is 0.0794. The van der Waals surface area contributed by atoms with Crippen LogP contribution in [0.1, 0.15) is 16.7 Å². The van der Waals surface area contributed by atoms with E-state index < -0.39 is 4.92 Å². The van der Waals surface area contributed by atoms with Crippen molar-refractivity contribution in [2.24, 2.45) is 4.99 Å². The van der Waals surface area contributed by atoms with Gasteiger partial charge in [-0.25, -0.2) is 4.99 Å². The number of nitrogens with zero attached hydrogens (tertiary/aromatic N) is 3. The minimum absolute atomic E-state index is 0.0879. The normalized spacial score (nSPS) is 14.9. The largest absolute Gasteiger partial charge is 0.282 e. The molecule has 1 amide bonds. The summed E-state index contributed by atoms with van der Waals surface area (Å²) >= 11 is 6.01. The van der Waals surface area contributed by atoms with E-state index in [1.165, 1.54) is 17.0 Å². The number of halogens is 1. The van der Waals surface area contributed by atoms with Crippen molar-refractivity contribution in [1.29, 1.82) is 0 Å². The highest BCUT2D eigenvalue weighted by Gasteiger charge is 2.33. The number of carbonyl (C=O) groups excluding carboxylic acids is 1. The van der Waals surface area contributed by atoms with E-state index >= 15 is 0 Å². The average molecular weight is 418 g/mol. The summed E-state index contributed by atoms with van der Waals surface area (Å²) in [5, 5.41) is 11.9. The van der Waals surface area contributed by atoms with Crippen molar-refractivity contribution in [3.63, 3.8) is 0 Å². The molecule has 3 aromatic carbocycles. The van der Waals surface area contributed by atoms with Crippen LogP contribution in [-0.4, -0.2) is 16.7 Å². The third kappa shape index (κ3) is 3.73. The van der Waals surface area contributed by atoms with Gasteiger partial charge in [0.1, 0.15) is 11.5 Å². The van der Waals surface area contributed by atoms with E-state index in [0.717, 1.165) is 5.56 Å². The number of para-hydroxylation sites is 1. The molecule has 0 unspecified atom stereocenters. The standard InChI is InChI=1S/C23H16ClN3O3/c1-15-5-4-7-19(13-15)26-22(16-9-11-18(24)12-10-16)25-20(23(26)28)14-17-6-2-3-8-21(17)27(29)30/h2-14H,1H3/b20-14+. The molecule has 0 spiro atoms. The number of carbonyl (C=O) groups is 1. The van der Waals surface area contributed by atoms with Gasteiger partial charge in [0.25, 0.3) is 11.6 Å². The van der Waals surface area contributed by atoms with Crippen molar-refractivity contribution in [2.45, 2.75) is 6.92 Å². The van der Waals surface area contributed by atoms with Crippen LogP contribution in [0.15, 0.2) is 83.5 Å². The molecule has 148 valence electrons. The zero-order valence-corrected chi connectivity index (χ0v) is 16.7. The van der Waals surface area contributed by atoms with Crippen LogP contribution in [-0.2, 0) is 4.79 Å². The summed E-state index contributed by atoms with van der Waals surface area (Å²) in [6.45, 7) is 1.94. The maximum Gasteiger partial charge on any atom is 0.282 e. The van der Waals surface area contributed by atoms with Crippen LogP contribution in [0.3, 0.4) is 0 Å². The van der Waals surface area contributed by atoms with E-state index in [2.05, 4.69) is 4.99 Å². The van der Waals surface area contributed by atoms with Gasteiger partial charge >= 0.3 is 0 Å². The fourth-order valence-corrected chi connectivity index (χ4v) is 3.36. The Kier molecular flexibility index (Phi) is 5.16. The number of amidine groups is 1. The van der Waals surface area contributed by atoms with Gasteiger partial charge in [0.2, 0.25) is 0 Å². The lowest BCUT2D eigenvalue weighted by Crippen LogP contribution is -2.32. The SMILES string of the molecule is Cc1cccc(N2C(=O)/C(=C\c3ccccc3[N+](=O)[O-])N=C2c2ccc(Cl)cc2)c1. The molecular formula is C23H16ClN3O3. The van der Waals surface area contributed by atoms with Crippen molar-refractivity contribution >= 4 is 40.8 Å². The fraction of sp³-hybridized carbons (Fsp3) is 0.0435. The minimum atomic E-state index is -0.478. The first-order valence-corrected chi connectivity index (χ1v) is 9.53. The number of amides is 1. The molecule has 1 aliphatic rings. The molecule has 1 aliphatic heterocycles. The molecule has 0 radical (unpaired) electrons. The lowest BCUT2D eigenvalue weighted by Gasteiger charge is -2.19.